The van der Waals surface area contributed by atoms with Crippen LogP contribution >= 0.6 is 0 Å². The zero-order chi connectivity index (χ0) is 18.5. The molecule has 2 aromatic rings. The summed E-state index contributed by atoms with van der Waals surface area (Å²) in [6.45, 7) is 0.175. The van der Waals surface area contributed by atoms with Crippen LogP contribution in [0, 0.1) is 0 Å². The summed E-state index contributed by atoms with van der Waals surface area (Å²) in [6.07, 6.45) is 3.92. The quantitative estimate of drug-likeness (QED) is 0.306. The van der Waals surface area contributed by atoms with Crippen molar-refractivity contribution >= 4 is 5.82 Å². The number of ether oxygens (including phenoxy) is 1. The van der Waals surface area contributed by atoms with Crippen LogP contribution in [0.2, 0.25) is 0 Å². The van der Waals surface area contributed by atoms with Crippen LogP contribution in [0.1, 0.15) is 30.8 Å². The van der Waals surface area contributed by atoms with E-state index in [2.05, 4.69) is 25.3 Å². The van der Waals surface area contributed by atoms with Crippen LogP contribution in [0.25, 0.3) is 10.4 Å². The lowest BCUT2D eigenvalue weighted by Crippen LogP contribution is -2.27. The SMILES string of the molecule is [N-]=[N+]=NCCCc1cn([C@H]2C[C@H](n3ccc(N)nc3=O)O[C@@H]2CO)nn1. The average molecular weight is 361 g/mol. The highest BCUT2D eigenvalue weighted by Crippen LogP contribution is 2.35. The van der Waals surface area contributed by atoms with Gasteiger partial charge in [-0.3, -0.25) is 4.57 Å². The first-order valence-corrected chi connectivity index (χ1v) is 8.15. The van der Waals surface area contributed by atoms with Crippen molar-refractivity contribution in [1.82, 2.24) is 24.5 Å². The molecule has 0 radical (unpaired) electrons. The Morgan fingerprint density at radius 1 is 1.54 bits per heavy atom. The largest absolute Gasteiger partial charge is 0.394 e. The Morgan fingerprint density at radius 2 is 2.38 bits per heavy atom. The van der Waals surface area contributed by atoms with Gasteiger partial charge in [-0.05, 0) is 24.4 Å². The molecule has 3 N–H and O–H groups in total. The second-order valence-corrected chi connectivity index (χ2v) is 5.90. The van der Waals surface area contributed by atoms with Gasteiger partial charge in [-0.2, -0.15) is 4.98 Å². The molecule has 0 saturated carbocycles. The fraction of sp³-hybridized carbons (Fsp3) is 0.571. The second kappa shape index (κ2) is 7.95. The molecule has 12 nitrogen and oxygen atoms in total. The molecule has 0 aliphatic carbocycles. The van der Waals surface area contributed by atoms with Crippen molar-refractivity contribution in [2.45, 2.75) is 37.6 Å². The van der Waals surface area contributed by atoms with Gasteiger partial charge >= 0.3 is 5.69 Å². The molecule has 1 aliphatic rings. The van der Waals surface area contributed by atoms with Crippen molar-refractivity contribution in [3.63, 3.8) is 0 Å². The maximum absolute atomic E-state index is 12.0. The lowest BCUT2D eigenvalue weighted by Gasteiger charge is -2.15. The van der Waals surface area contributed by atoms with Gasteiger partial charge in [0.1, 0.15) is 18.1 Å². The van der Waals surface area contributed by atoms with Crippen molar-refractivity contribution in [2.75, 3.05) is 18.9 Å². The second-order valence-electron chi connectivity index (χ2n) is 5.90. The van der Waals surface area contributed by atoms with Gasteiger partial charge < -0.3 is 15.6 Å². The Morgan fingerprint density at radius 3 is 3.12 bits per heavy atom. The molecule has 26 heavy (non-hydrogen) atoms. The van der Waals surface area contributed by atoms with Crippen molar-refractivity contribution in [1.29, 1.82) is 0 Å². The minimum absolute atomic E-state index is 0.140. The number of nitrogens with two attached hydrogens (primary N) is 1. The number of nitrogens with zero attached hydrogens (tertiary/aromatic N) is 8. The van der Waals surface area contributed by atoms with Gasteiger partial charge in [0.15, 0.2) is 0 Å². The van der Waals surface area contributed by atoms with Crippen molar-refractivity contribution < 1.29 is 9.84 Å². The molecule has 0 amide bonds. The standard InChI is InChI=1S/C14H19N9O3/c15-12-3-5-22(14(25)18-12)13-6-10(11(8-24)26-13)23-7-9(19-21-23)2-1-4-17-20-16/h3,5,7,10-11,13,24H,1-2,4,6,8H2,(H2,15,18,25)/t10-,11+,13+/m0/s1. The Kier molecular flexibility index (Phi) is 5.46. The van der Waals surface area contributed by atoms with E-state index in [1.165, 1.54) is 16.8 Å². The van der Waals surface area contributed by atoms with Gasteiger partial charge in [-0.25, -0.2) is 9.48 Å². The van der Waals surface area contributed by atoms with Crippen molar-refractivity contribution in [3.8, 4) is 0 Å². The lowest BCUT2D eigenvalue weighted by atomic mass is 10.1. The van der Waals surface area contributed by atoms with Crippen LogP contribution in [-0.2, 0) is 11.2 Å². The van der Waals surface area contributed by atoms with E-state index in [1.54, 1.807) is 10.9 Å². The third-order valence-corrected chi connectivity index (χ3v) is 4.20. The van der Waals surface area contributed by atoms with Crippen LogP contribution < -0.4 is 11.4 Å². The minimum atomic E-state index is -0.574. The lowest BCUT2D eigenvalue weighted by molar-refractivity contribution is -0.0322. The number of hydrogen-bond donors (Lipinski definition) is 2. The van der Waals surface area contributed by atoms with Crippen LogP contribution in [-0.4, -0.2) is 48.9 Å². The van der Waals surface area contributed by atoms with Crippen molar-refractivity contribution in [3.05, 3.63) is 45.1 Å². The smallest absolute Gasteiger partial charge is 0.351 e. The molecule has 1 saturated heterocycles. The molecule has 138 valence electrons. The molecule has 1 fully saturated rings. The Balaban J connectivity index is 1.72. The number of rotatable bonds is 7. The van der Waals surface area contributed by atoms with Gasteiger partial charge in [-0.15, -0.1) is 5.10 Å². The molecule has 0 aromatic carbocycles. The number of aryl methyl sites for hydroxylation is 1. The number of azide groups is 1. The molecule has 0 bridgehead atoms. The van der Waals surface area contributed by atoms with E-state index in [1.807, 2.05) is 0 Å². The van der Waals surface area contributed by atoms with E-state index in [9.17, 15) is 9.90 Å². The predicted octanol–water partition coefficient (Wildman–Crippen LogP) is 0.181. The van der Waals surface area contributed by atoms with Gasteiger partial charge in [0.05, 0.1) is 18.3 Å². The fourth-order valence-corrected chi connectivity index (χ4v) is 2.94. The Hall–Kier alpha value is -2.95. The average Bonchev–Trinajstić information content (AvgIpc) is 3.25. The number of aromatic nitrogens is 5. The van der Waals surface area contributed by atoms with Gasteiger partial charge in [-0.1, -0.05) is 10.3 Å². The topological polar surface area (TPSA) is 170 Å². The molecule has 3 rings (SSSR count). The maximum Gasteiger partial charge on any atom is 0.351 e. The summed E-state index contributed by atoms with van der Waals surface area (Å²) in [6, 6.07) is 1.25. The molecule has 2 aromatic heterocycles. The first-order valence-electron chi connectivity index (χ1n) is 8.15. The number of nitrogen functional groups attached to an aromatic ring is 1. The zero-order valence-corrected chi connectivity index (χ0v) is 13.9. The summed E-state index contributed by atoms with van der Waals surface area (Å²) in [5.74, 6) is 0.140. The molecule has 3 atom stereocenters. The van der Waals surface area contributed by atoms with E-state index in [4.69, 9.17) is 16.0 Å². The van der Waals surface area contributed by atoms with Crippen LogP contribution in [0.3, 0.4) is 0 Å². The molecule has 3 heterocycles. The summed E-state index contributed by atoms with van der Waals surface area (Å²) in [5, 5.41) is 21.3. The van der Waals surface area contributed by atoms with E-state index in [0.717, 1.165) is 5.69 Å². The van der Waals surface area contributed by atoms with E-state index in [-0.39, 0.29) is 18.5 Å². The first-order chi connectivity index (χ1) is 12.6. The van der Waals surface area contributed by atoms with Gasteiger partial charge in [0, 0.05) is 30.3 Å². The van der Waals surface area contributed by atoms with Crippen LogP contribution in [0.4, 0.5) is 5.82 Å². The van der Waals surface area contributed by atoms with E-state index < -0.39 is 18.0 Å². The summed E-state index contributed by atoms with van der Waals surface area (Å²) in [4.78, 5) is 18.4. The third kappa shape index (κ3) is 3.82. The molecular weight excluding hydrogens is 342 g/mol. The van der Waals surface area contributed by atoms with E-state index in [0.29, 0.717) is 25.8 Å². The first kappa shape index (κ1) is 17.9. The highest BCUT2D eigenvalue weighted by molar-refractivity contribution is 5.23. The molecule has 1 aliphatic heterocycles. The monoisotopic (exact) mass is 361 g/mol. The summed E-state index contributed by atoms with van der Waals surface area (Å²) in [7, 11) is 0. The summed E-state index contributed by atoms with van der Waals surface area (Å²) < 4.78 is 8.78. The summed E-state index contributed by atoms with van der Waals surface area (Å²) >= 11 is 0. The highest BCUT2D eigenvalue weighted by atomic mass is 16.5. The highest BCUT2D eigenvalue weighted by Gasteiger charge is 2.38. The van der Waals surface area contributed by atoms with Crippen LogP contribution in [0.15, 0.2) is 28.4 Å². The Labute approximate surface area is 147 Å². The molecular formula is C14H19N9O3. The number of anilines is 1. The van der Waals surface area contributed by atoms with Crippen molar-refractivity contribution in [2.24, 2.45) is 5.11 Å². The normalized spacial score (nSPS) is 22.3. The fourth-order valence-electron chi connectivity index (χ4n) is 2.94. The number of hydrogen-bond acceptors (Lipinski definition) is 8. The minimum Gasteiger partial charge on any atom is -0.394 e. The van der Waals surface area contributed by atoms with Crippen LogP contribution in [0.5, 0.6) is 0 Å². The molecule has 12 heteroatoms. The predicted molar refractivity (Wildman–Crippen MR) is 89.9 cm³/mol. The van der Waals surface area contributed by atoms with E-state index >= 15 is 0 Å². The van der Waals surface area contributed by atoms with Gasteiger partial charge in [0.2, 0.25) is 0 Å². The Bertz CT molecular complexity index is 857. The number of aliphatic hydroxyl groups is 1. The number of aliphatic hydroxyl groups excluding tert-OH is 1. The third-order valence-electron chi connectivity index (χ3n) is 4.20. The molecule has 0 spiro atoms. The maximum atomic E-state index is 12.0. The van der Waals surface area contributed by atoms with Gasteiger partial charge in [0.25, 0.3) is 0 Å². The zero-order valence-electron chi connectivity index (χ0n) is 13.9. The summed E-state index contributed by atoms with van der Waals surface area (Å²) in [5.41, 5.74) is 14.0. The molecule has 0 unspecified atom stereocenters.